The third kappa shape index (κ3) is 1.85. The zero-order chi connectivity index (χ0) is 10.8. The molecular weight excluding hydrogens is 190 g/mol. The molecule has 4 nitrogen and oxygen atoms in total. The Morgan fingerprint density at radius 1 is 1.47 bits per heavy atom. The molecule has 78 valence electrons. The number of nitrogen functional groups attached to an aromatic ring is 1. The second-order valence-electron chi connectivity index (χ2n) is 3.50. The van der Waals surface area contributed by atoms with Crippen LogP contribution in [-0.4, -0.2) is 15.3 Å². The first kappa shape index (κ1) is 9.73. The fourth-order valence-electron chi connectivity index (χ4n) is 1.49. The monoisotopic (exact) mass is 203 g/mol. The van der Waals surface area contributed by atoms with Crippen LogP contribution in [0.4, 0.5) is 5.82 Å². The second-order valence-corrected chi connectivity index (χ2v) is 3.50. The Kier molecular flexibility index (Phi) is 2.43. The number of benzene rings is 1. The zero-order valence-electron chi connectivity index (χ0n) is 8.44. The van der Waals surface area contributed by atoms with Gasteiger partial charge in [-0.1, -0.05) is 18.2 Å². The van der Waals surface area contributed by atoms with Crippen molar-refractivity contribution in [2.45, 2.75) is 13.0 Å². The standard InChI is InChI=1S/C11H13N3O/c1-7(15)8-3-2-4-9(5-8)10-6-13-14-11(10)12/h2-7,15H,1H3,(H3,12,13,14). The highest BCUT2D eigenvalue weighted by atomic mass is 16.3. The predicted molar refractivity (Wildman–Crippen MR) is 59.1 cm³/mol. The number of aromatic nitrogens is 2. The van der Waals surface area contributed by atoms with Crippen molar-refractivity contribution in [3.05, 3.63) is 36.0 Å². The Bertz CT molecular complexity index is 462. The van der Waals surface area contributed by atoms with Crippen molar-refractivity contribution in [3.63, 3.8) is 0 Å². The minimum absolute atomic E-state index is 0.474. The van der Waals surface area contributed by atoms with Gasteiger partial charge in [-0.2, -0.15) is 5.10 Å². The summed E-state index contributed by atoms with van der Waals surface area (Å²) in [6, 6.07) is 7.62. The van der Waals surface area contributed by atoms with E-state index in [1.807, 2.05) is 24.3 Å². The number of nitrogens with zero attached hydrogens (tertiary/aromatic N) is 1. The molecule has 1 unspecified atom stereocenters. The van der Waals surface area contributed by atoms with Crippen LogP contribution in [0, 0.1) is 0 Å². The van der Waals surface area contributed by atoms with Crippen LogP contribution in [0.3, 0.4) is 0 Å². The summed E-state index contributed by atoms with van der Waals surface area (Å²) in [7, 11) is 0. The SMILES string of the molecule is CC(O)c1cccc(-c2cn[nH]c2N)c1. The predicted octanol–water partition coefficient (Wildman–Crippen LogP) is 1.71. The molecule has 1 heterocycles. The van der Waals surface area contributed by atoms with Crippen molar-refractivity contribution in [1.29, 1.82) is 0 Å². The lowest BCUT2D eigenvalue weighted by Crippen LogP contribution is -1.92. The average Bonchev–Trinajstić information content (AvgIpc) is 2.64. The van der Waals surface area contributed by atoms with Gasteiger partial charge in [0.1, 0.15) is 5.82 Å². The average molecular weight is 203 g/mol. The number of aliphatic hydroxyl groups excluding tert-OH is 1. The highest BCUT2D eigenvalue weighted by molar-refractivity contribution is 5.73. The van der Waals surface area contributed by atoms with Gasteiger partial charge in [0, 0.05) is 5.56 Å². The molecule has 0 aliphatic carbocycles. The summed E-state index contributed by atoms with van der Waals surface area (Å²) < 4.78 is 0. The normalized spacial score (nSPS) is 12.7. The summed E-state index contributed by atoms with van der Waals surface area (Å²) >= 11 is 0. The first-order valence-electron chi connectivity index (χ1n) is 4.75. The summed E-state index contributed by atoms with van der Waals surface area (Å²) in [6.45, 7) is 1.73. The van der Waals surface area contributed by atoms with Gasteiger partial charge in [0.05, 0.1) is 12.3 Å². The smallest absolute Gasteiger partial charge is 0.126 e. The number of aliphatic hydroxyl groups is 1. The number of aromatic amines is 1. The summed E-state index contributed by atoms with van der Waals surface area (Å²) in [6.07, 6.45) is 1.20. The molecule has 0 radical (unpaired) electrons. The molecule has 2 aromatic rings. The van der Waals surface area contributed by atoms with Gasteiger partial charge >= 0.3 is 0 Å². The number of nitrogens with one attached hydrogen (secondary N) is 1. The third-order valence-corrected chi connectivity index (χ3v) is 2.35. The van der Waals surface area contributed by atoms with E-state index < -0.39 is 6.10 Å². The van der Waals surface area contributed by atoms with Gasteiger partial charge in [-0.25, -0.2) is 0 Å². The van der Waals surface area contributed by atoms with Crippen LogP contribution in [0.2, 0.25) is 0 Å². The highest BCUT2D eigenvalue weighted by Crippen LogP contribution is 2.26. The van der Waals surface area contributed by atoms with Crippen molar-refractivity contribution in [2.75, 3.05) is 5.73 Å². The molecule has 0 aliphatic heterocycles. The summed E-state index contributed by atoms with van der Waals surface area (Å²) in [5.41, 5.74) is 8.40. The Labute approximate surface area is 87.7 Å². The largest absolute Gasteiger partial charge is 0.389 e. The van der Waals surface area contributed by atoms with E-state index in [1.54, 1.807) is 13.1 Å². The van der Waals surface area contributed by atoms with Crippen LogP contribution < -0.4 is 5.73 Å². The Balaban J connectivity index is 2.46. The first-order valence-corrected chi connectivity index (χ1v) is 4.75. The van der Waals surface area contributed by atoms with Gasteiger partial charge in [0.15, 0.2) is 0 Å². The molecule has 0 saturated carbocycles. The molecule has 1 aromatic heterocycles. The highest BCUT2D eigenvalue weighted by Gasteiger charge is 2.06. The molecule has 1 atom stereocenters. The number of rotatable bonds is 2. The molecule has 1 aromatic carbocycles. The number of hydrogen-bond donors (Lipinski definition) is 3. The van der Waals surface area contributed by atoms with Crippen LogP contribution in [0.25, 0.3) is 11.1 Å². The lowest BCUT2D eigenvalue weighted by molar-refractivity contribution is 0.199. The number of H-pyrrole nitrogens is 1. The van der Waals surface area contributed by atoms with Gasteiger partial charge in [0.25, 0.3) is 0 Å². The molecule has 0 saturated heterocycles. The van der Waals surface area contributed by atoms with Crippen molar-refractivity contribution < 1.29 is 5.11 Å². The molecule has 0 aliphatic rings. The topological polar surface area (TPSA) is 74.9 Å². The fraction of sp³-hybridized carbons (Fsp3) is 0.182. The van der Waals surface area contributed by atoms with E-state index >= 15 is 0 Å². The summed E-state index contributed by atoms with van der Waals surface area (Å²) in [5.74, 6) is 0.540. The molecule has 15 heavy (non-hydrogen) atoms. The Morgan fingerprint density at radius 3 is 2.87 bits per heavy atom. The molecule has 0 amide bonds. The lowest BCUT2D eigenvalue weighted by Gasteiger charge is -2.06. The van der Waals surface area contributed by atoms with Crippen molar-refractivity contribution in [1.82, 2.24) is 10.2 Å². The van der Waals surface area contributed by atoms with Crippen molar-refractivity contribution in [3.8, 4) is 11.1 Å². The molecule has 0 spiro atoms. The van der Waals surface area contributed by atoms with Gasteiger partial charge in [-0.3, -0.25) is 5.10 Å². The maximum Gasteiger partial charge on any atom is 0.126 e. The first-order chi connectivity index (χ1) is 7.18. The zero-order valence-corrected chi connectivity index (χ0v) is 8.44. The molecule has 0 fully saturated rings. The van der Waals surface area contributed by atoms with E-state index in [9.17, 15) is 5.11 Å². The number of hydrogen-bond acceptors (Lipinski definition) is 3. The van der Waals surface area contributed by atoms with E-state index in [2.05, 4.69) is 10.2 Å². The minimum Gasteiger partial charge on any atom is -0.389 e. The maximum atomic E-state index is 9.46. The van der Waals surface area contributed by atoms with Gasteiger partial charge in [-0.15, -0.1) is 0 Å². The van der Waals surface area contributed by atoms with Crippen LogP contribution >= 0.6 is 0 Å². The fourth-order valence-corrected chi connectivity index (χ4v) is 1.49. The van der Waals surface area contributed by atoms with Crippen LogP contribution in [0.1, 0.15) is 18.6 Å². The van der Waals surface area contributed by atoms with E-state index in [1.165, 1.54) is 0 Å². The summed E-state index contributed by atoms with van der Waals surface area (Å²) in [5, 5.41) is 16.0. The molecule has 4 N–H and O–H groups in total. The Hall–Kier alpha value is -1.81. The van der Waals surface area contributed by atoms with Crippen LogP contribution in [0.5, 0.6) is 0 Å². The number of anilines is 1. The minimum atomic E-state index is -0.474. The van der Waals surface area contributed by atoms with Crippen molar-refractivity contribution >= 4 is 5.82 Å². The van der Waals surface area contributed by atoms with Crippen molar-refractivity contribution in [2.24, 2.45) is 0 Å². The maximum absolute atomic E-state index is 9.46. The molecule has 0 bridgehead atoms. The molecular formula is C11H13N3O. The third-order valence-electron chi connectivity index (χ3n) is 2.35. The van der Waals surface area contributed by atoms with E-state index in [0.717, 1.165) is 16.7 Å². The summed E-state index contributed by atoms with van der Waals surface area (Å²) in [4.78, 5) is 0. The molecule has 2 rings (SSSR count). The number of nitrogens with two attached hydrogens (primary N) is 1. The quantitative estimate of drug-likeness (QED) is 0.695. The van der Waals surface area contributed by atoms with Gasteiger partial charge in [0.2, 0.25) is 0 Å². The van der Waals surface area contributed by atoms with E-state index in [-0.39, 0.29) is 0 Å². The second kappa shape index (κ2) is 3.74. The van der Waals surface area contributed by atoms with Crippen LogP contribution in [-0.2, 0) is 0 Å². The van der Waals surface area contributed by atoms with Gasteiger partial charge < -0.3 is 10.8 Å². The molecule has 4 heteroatoms. The Morgan fingerprint density at radius 2 is 2.27 bits per heavy atom. The van der Waals surface area contributed by atoms with E-state index in [4.69, 9.17) is 5.73 Å². The lowest BCUT2D eigenvalue weighted by atomic mass is 10.0. The van der Waals surface area contributed by atoms with Crippen LogP contribution in [0.15, 0.2) is 30.5 Å². The van der Waals surface area contributed by atoms with E-state index in [0.29, 0.717) is 5.82 Å². The van der Waals surface area contributed by atoms with Gasteiger partial charge in [-0.05, 0) is 24.1 Å².